The molecule has 1 aliphatic rings. The maximum atomic E-state index is 5.88. The molecule has 0 spiro atoms. The van der Waals surface area contributed by atoms with Crippen LogP contribution in [0.25, 0.3) is 0 Å². The molecule has 2 rings (SSSR count). The van der Waals surface area contributed by atoms with Gasteiger partial charge < -0.3 is 11.1 Å². The molecule has 5 nitrogen and oxygen atoms in total. The number of likely N-dealkylation sites (tertiary alicyclic amines) is 1. The third-order valence-electron chi connectivity index (χ3n) is 3.76. The van der Waals surface area contributed by atoms with Crippen molar-refractivity contribution in [3.05, 3.63) is 11.9 Å². The summed E-state index contributed by atoms with van der Waals surface area (Å²) in [4.78, 5) is 11.4. The van der Waals surface area contributed by atoms with Gasteiger partial charge in [0.25, 0.3) is 0 Å². The highest BCUT2D eigenvalue weighted by Crippen LogP contribution is 2.21. The van der Waals surface area contributed by atoms with Crippen LogP contribution < -0.4 is 11.1 Å². The summed E-state index contributed by atoms with van der Waals surface area (Å²) in [5.74, 6) is 2.14. The zero-order valence-corrected chi connectivity index (χ0v) is 13.1. The first-order chi connectivity index (χ1) is 9.36. The molecule has 0 amide bonds. The molecule has 2 heterocycles. The fourth-order valence-electron chi connectivity index (χ4n) is 2.46. The van der Waals surface area contributed by atoms with Crippen molar-refractivity contribution in [2.45, 2.75) is 52.0 Å². The molecule has 0 radical (unpaired) electrons. The van der Waals surface area contributed by atoms with E-state index in [1.165, 1.54) is 25.9 Å². The fraction of sp³-hybridized carbons (Fsp3) is 0.733. The average molecular weight is 277 g/mol. The number of nitrogens with one attached hydrogen (secondary N) is 1. The molecule has 1 unspecified atom stereocenters. The summed E-state index contributed by atoms with van der Waals surface area (Å²) in [6, 6.07) is 2.33. The predicted octanol–water partition coefficient (Wildman–Crippen LogP) is 2.25. The molecule has 0 aromatic carbocycles. The topological polar surface area (TPSA) is 67.1 Å². The molecule has 0 aliphatic carbocycles. The zero-order chi connectivity index (χ0) is 14.8. The SMILES string of the molecule is CC(CNc1cc(N)nc(C(C)(C)C)n1)N1CCCC1. The Morgan fingerprint density at radius 3 is 2.55 bits per heavy atom. The second-order valence-corrected chi connectivity index (χ2v) is 6.72. The molecule has 0 bridgehead atoms. The quantitative estimate of drug-likeness (QED) is 0.883. The highest BCUT2D eigenvalue weighted by Gasteiger charge is 2.20. The Morgan fingerprint density at radius 2 is 1.95 bits per heavy atom. The number of rotatable bonds is 4. The van der Waals surface area contributed by atoms with Crippen molar-refractivity contribution in [3.63, 3.8) is 0 Å². The Labute approximate surface area is 122 Å². The largest absolute Gasteiger partial charge is 0.384 e. The van der Waals surface area contributed by atoms with Gasteiger partial charge in [0, 0.05) is 24.1 Å². The van der Waals surface area contributed by atoms with Gasteiger partial charge in [-0.2, -0.15) is 0 Å². The lowest BCUT2D eigenvalue weighted by atomic mass is 9.96. The van der Waals surface area contributed by atoms with Crippen LogP contribution in [0.15, 0.2) is 6.07 Å². The van der Waals surface area contributed by atoms with Gasteiger partial charge in [-0.05, 0) is 32.9 Å². The van der Waals surface area contributed by atoms with E-state index in [9.17, 15) is 0 Å². The molecule has 0 saturated carbocycles. The highest BCUT2D eigenvalue weighted by atomic mass is 15.2. The molecule has 1 aliphatic heterocycles. The van der Waals surface area contributed by atoms with Crippen LogP contribution in [-0.4, -0.2) is 40.5 Å². The van der Waals surface area contributed by atoms with Crippen molar-refractivity contribution in [3.8, 4) is 0 Å². The van der Waals surface area contributed by atoms with Crippen LogP contribution in [0, 0.1) is 0 Å². The third kappa shape index (κ3) is 3.82. The summed E-state index contributed by atoms with van der Waals surface area (Å²) in [5, 5.41) is 3.40. The first kappa shape index (κ1) is 15.0. The van der Waals surface area contributed by atoms with Gasteiger partial charge in [-0.25, -0.2) is 9.97 Å². The Kier molecular flexibility index (Phi) is 4.48. The van der Waals surface area contributed by atoms with Crippen LogP contribution in [-0.2, 0) is 5.41 Å². The molecule has 3 N–H and O–H groups in total. The van der Waals surface area contributed by atoms with Gasteiger partial charge in [-0.15, -0.1) is 0 Å². The van der Waals surface area contributed by atoms with Gasteiger partial charge in [0.15, 0.2) is 0 Å². The Hall–Kier alpha value is -1.36. The van der Waals surface area contributed by atoms with Crippen molar-refractivity contribution in [1.29, 1.82) is 0 Å². The van der Waals surface area contributed by atoms with Crippen molar-refractivity contribution < 1.29 is 0 Å². The summed E-state index contributed by atoms with van der Waals surface area (Å²) < 4.78 is 0. The van der Waals surface area contributed by atoms with E-state index >= 15 is 0 Å². The number of hydrogen-bond donors (Lipinski definition) is 2. The average Bonchev–Trinajstić information content (AvgIpc) is 2.88. The minimum Gasteiger partial charge on any atom is -0.384 e. The second-order valence-electron chi connectivity index (χ2n) is 6.72. The number of hydrogen-bond acceptors (Lipinski definition) is 5. The molecule has 1 atom stereocenters. The van der Waals surface area contributed by atoms with E-state index in [0.29, 0.717) is 11.9 Å². The first-order valence-corrected chi connectivity index (χ1v) is 7.49. The summed E-state index contributed by atoms with van der Waals surface area (Å²) in [5.41, 5.74) is 5.79. The number of nitrogens with two attached hydrogens (primary N) is 1. The first-order valence-electron chi connectivity index (χ1n) is 7.49. The van der Waals surface area contributed by atoms with Crippen LogP contribution in [0.5, 0.6) is 0 Å². The summed E-state index contributed by atoms with van der Waals surface area (Å²) in [6.07, 6.45) is 2.64. The van der Waals surface area contributed by atoms with E-state index in [-0.39, 0.29) is 5.41 Å². The number of aromatic nitrogens is 2. The fourth-order valence-corrected chi connectivity index (χ4v) is 2.46. The van der Waals surface area contributed by atoms with Crippen LogP contribution in [0.2, 0.25) is 0 Å². The summed E-state index contributed by atoms with van der Waals surface area (Å²) in [6.45, 7) is 11.9. The highest BCUT2D eigenvalue weighted by molar-refractivity contribution is 5.45. The normalized spacial score (nSPS) is 18.2. The second kappa shape index (κ2) is 5.95. The molecule has 1 aromatic rings. The van der Waals surface area contributed by atoms with Crippen LogP contribution >= 0.6 is 0 Å². The van der Waals surface area contributed by atoms with E-state index in [4.69, 9.17) is 5.73 Å². The maximum absolute atomic E-state index is 5.88. The lowest BCUT2D eigenvalue weighted by molar-refractivity contribution is 0.269. The monoisotopic (exact) mass is 277 g/mol. The van der Waals surface area contributed by atoms with Crippen molar-refractivity contribution in [2.75, 3.05) is 30.7 Å². The van der Waals surface area contributed by atoms with Gasteiger partial charge in [-0.3, -0.25) is 4.90 Å². The van der Waals surface area contributed by atoms with E-state index < -0.39 is 0 Å². The molecule has 112 valence electrons. The molecule has 20 heavy (non-hydrogen) atoms. The lowest BCUT2D eigenvalue weighted by Gasteiger charge is -2.24. The molecule has 1 fully saturated rings. The predicted molar refractivity (Wildman–Crippen MR) is 83.9 cm³/mol. The zero-order valence-electron chi connectivity index (χ0n) is 13.1. The minimum atomic E-state index is -0.0909. The molecule has 1 saturated heterocycles. The van der Waals surface area contributed by atoms with Gasteiger partial charge in [0.2, 0.25) is 0 Å². The van der Waals surface area contributed by atoms with Crippen molar-refractivity contribution >= 4 is 11.6 Å². The lowest BCUT2D eigenvalue weighted by Crippen LogP contribution is -2.35. The van der Waals surface area contributed by atoms with E-state index in [0.717, 1.165) is 18.2 Å². The number of nitrogen functional groups attached to an aromatic ring is 1. The van der Waals surface area contributed by atoms with Crippen LogP contribution in [0.1, 0.15) is 46.4 Å². The van der Waals surface area contributed by atoms with E-state index in [2.05, 4.69) is 47.9 Å². The summed E-state index contributed by atoms with van der Waals surface area (Å²) in [7, 11) is 0. The smallest absolute Gasteiger partial charge is 0.138 e. The minimum absolute atomic E-state index is 0.0909. The van der Waals surface area contributed by atoms with Crippen molar-refractivity contribution in [1.82, 2.24) is 14.9 Å². The third-order valence-corrected chi connectivity index (χ3v) is 3.76. The standard InChI is InChI=1S/C15H27N5/c1-11(20-7-5-6-8-20)10-17-13-9-12(16)18-14(19-13)15(2,3)4/h9,11H,5-8,10H2,1-4H3,(H3,16,17,18,19). The Bertz CT molecular complexity index is 446. The summed E-state index contributed by atoms with van der Waals surface area (Å²) >= 11 is 0. The maximum Gasteiger partial charge on any atom is 0.138 e. The molecular weight excluding hydrogens is 250 g/mol. The van der Waals surface area contributed by atoms with Crippen LogP contribution in [0.4, 0.5) is 11.6 Å². The van der Waals surface area contributed by atoms with E-state index in [1.807, 2.05) is 6.07 Å². The number of nitrogens with zero attached hydrogens (tertiary/aromatic N) is 3. The molecule has 5 heteroatoms. The molecular formula is C15H27N5. The Morgan fingerprint density at radius 1 is 1.30 bits per heavy atom. The van der Waals surface area contributed by atoms with Crippen LogP contribution in [0.3, 0.4) is 0 Å². The van der Waals surface area contributed by atoms with Crippen molar-refractivity contribution in [2.24, 2.45) is 0 Å². The van der Waals surface area contributed by atoms with Gasteiger partial charge >= 0.3 is 0 Å². The molecule has 1 aromatic heterocycles. The van der Waals surface area contributed by atoms with Gasteiger partial charge in [0.1, 0.15) is 17.5 Å². The van der Waals surface area contributed by atoms with Gasteiger partial charge in [0.05, 0.1) is 0 Å². The number of anilines is 2. The Balaban J connectivity index is 2.00. The van der Waals surface area contributed by atoms with Gasteiger partial charge in [-0.1, -0.05) is 20.8 Å². The van der Waals surface area contributed by atoms with E-state index in [1.54, 1.807) is 0 Å².